The van der Waals surface area contributed by atoms with Crippen molar-refractivity contribution in [3.63, 3.8) is 0 Å². The Balaban J connectivity index is 1.41. The van der Waals surface area contributed by atoms with Gasteiger partial charge in [-0.25, -0.2) is 4.39 Å². The average Bonchev–Trinajstić information content (AvgIpc) is 3.28. The number of nitriles is 1. The molecule has 1 saturated heterocycles. The SMILES string of the molecule is CN(CC(=O)N1CC(C(=O)Nc2ccccc2)CC1C#N)C(=O)c1cnc2ccc(F)cc2c1. The van der Waals surface area contributed by atoms with Gasteiger partial charge >= 0.3 is 0 Å². The van der Waals surface area contributed by atoms with E-state index in [0.29, 0.717) is 16.6 Å². The molecule has 0 aliphatic carbocycles. The first-order valence-electron chi connectivity index (χ1n) is 10.7. The lowest BCUT2D eigenvalue weighted by molar-refractivity contribution is -0.131. The van der Waals surface area contributed by atoms with E-state index in [0.717, 1.165) is 0 Å². The number of pyridine rings is 1. The first-order valence-corrected chi connectivity index (χ1v) is 10.7. The molecule has 1 aliphatic rings. The van der Waals surface area contributed by atoms with Crippen molar-refractivity contribution in [2.45, 2.75) is 12.5 Å². The fourth-order valence-electron chi connectivity index (χ4n) is 4.00. The number of likely N-dealkylation sites (tertiary alicyclic amines) is 1. The molecule has 0 bridgehead atoms. The molecule has 8 nitrogen and oxygen atoms in total. The van der Waals surface area contributed by atoms with Crippen LogP contribution < -0.4 is 5.32 Å². The molecule has 4 rings (SSSR count). The van der Waals surface area contributed by atoms with Gasteiger partial charge in [-0.1, -0.05) is 18.2 Å². The van der Waals surface area contributed by atoms with Crippen molar-refractivity contribution in [3.05, 3.63) is 72.2 Å². The second-order valence-corrected chi connectivity index (χ2v) is 8.20. The Morgan fingerprint density at radius 3 is 2.71 bits per heavy atom. The maximum atomic E-state index is 13.5. The van der Waals surface area contributed by atoms with Gasteiger partial charge in [-0.3, -0.25) is 19.4 Å². The normalized spacial score (nSPS) is 17.3. The molecular weight excluding hydrogens is 437 g/mol. The molecular formula is C25H22FN5O3. The highest BCUT2D eigenvalue weighted by Crippen LogP contribution is 2.25. The Kier molecular flexibility index (Phi) is 6.50. The van der Waals surface area contributed by atoms with E-state index in [2.05, 4.69) is 16.4 Å². The number of carbonyl (C=O) groups excluding carboxylic acids is 3. The smallest absolute Gasteiger partial charge is 0.255 e. The Morgan fingerprint density at radius 1 is 1.21 bits per heavy atom. The molecule has 2 heterocycles. The minimum Gasteiger partial charge on any atom is -0.332 e. The Labute approximate surface area is 195 Å². The van der Waals surface area contributed by atoms with Crippen molar-refractivity contribution >= 4 is 34.3 Å². The summed E-state index contributed by atoms with van der Waals surface area (Å²) in [6, 6.07) is 15.9. The zero-order chi connectivity index (χ0) is 24.2. The van der Waals surface area contributed by atoms with E-state index in [-0.39, 0.29) is 31.0 Å². The van der Waals surface area contributed by atoms with E-state index in [9.17, 15) is 24.0 Å². The summed E-state index contributed by atoms with van der Waals surface area (Å²) < 4.78 is 13.5. The van der Waals surface area contributed by atoms with Gasteiger partial charge in [0.05, 0.1) is 29.6 Å². The predicted molar refractivity (Wildman–Crippen MR) is 123 cm³/mol. The third-order valence-electron chi connectivity index (χ3n) is 5.79. The van der Waals surface area contributed by atoms with Gasteiger partial charge in [0, 0.05) is 30.9 Å². The van der Waals surface area contributed by atoms with Crippen LogP contribution in [0.25, 0.3) is 10.9 Å². The van der Waals surface area contributed by atoms with E-state index in [1.54, 1.807) is 24.3 Å². The lowest BCUT2D eigenvalue weighted by Gasteiger charge is -2.24. The summed E-state index contributed by atoms with van der Waals surface area (Å²) >= 11 is 0. The van der Waals surface area contributed by atoms with Crippen LogP contribution in [0.15, 0.2) is 60.8 Å². The summed E-state index contributed by atoms with van der Waals surface area (Å²) in [5, 5.41) is 12.8. The molecule has 2 unspecified atom stereocenters. The number of halogens is 1. The van der Waals surface area contributed by atoms with Gasteiger partial charge in [0.15, 0.2) is 0 Å². The molecule has 1 aromatic heterocycles. The zero-order valence-corrected chi connectivity index (χ0v) is 18.4. The summed E-state index contributed by atoms with van der Waals surface area (Å²) in [5.74, 6) is -2.13. The van der Waals surface area contributed by atoms with Gasteiger partial charge in [0.1, 0.15) is 11.9 Å². The summed E-state index contributed by atoms with van der Waals surface area (Å²) in [6.07, 6.45) is 1.60. The monoisotopic (exact) mass is 459 g/mol. The maximum Gasteiger partial charge on any atom is 0.255 e. The molecule has 2 aromatic carbocycles. The highest BCUT2D eigenvalue weighted by atomic mass is 19.1. The number of carbonyl (C=O) groups is 3. The predicted octanol–water partition coefficient (Wildman–Crippen LogP) is 2.83. The minimum atomic E-state index is -0.757. The second kappa shape index (κ2) is 9.67. The maximum absolute atomic E-state index is 13.5. The number of rotatable bonds is 5. The minimum absolute atomic E-state index is 0.0918. The topological polar surface area (TPSA) is 106 Å². The molecule has 172 valence electrons. The molecule has 1 aliphatic heterocycles. The summed E-state index contributed by atoms with van der Waals surface area (Å²) in [7, 11) is 1.47. The lowest BCUT2D eigenvalue weighted by Crippen LogP contribution is -2.43. The Morgan fingerprint density at radius 2 is 1.97 bits per heavy atom. The van der Waals surface area contributed by atoms with E-state index in [4.69, 9.17) is 0 Å². The van der Waals surface area contributed by atoms with Crippen molar-refractivity contribution in [3.8, 4) is 6.07 Å². The van der Waals surface area contributed by atoms with Gasteiger partial charge in [0.25, 0.3) is 5.91 Å². The van der Waals surface area contributed by atoms with Crippen LogP contribution in [0.3, 0.4) is 0 Å². The third kappa shape index (κ3) is 4.86. The fraction of sp³-hybridized carbons (Fsp3) is 0.240. The Hall–Kier alpha value is -4.32. The number of anilines is 1. The van der Waals surface area contributed by atoms with E-state index in [1.807, 2.05) is 6.07 Å². The molecule has 9 heteroatoms. The molecule has 1 N–H and O–H groups in total. The average molecular weight is 459 g/mol. The highest BCUT2D eigenvalue weighted by Gasteiger charge is 2.39. The van der Waals surface area contributed by atoms with Crippen LogP contribution in [0.4, 0.5) is 10.1 Å². The number of hydrogen-bond donors (Lipinski definition) is 1. The Bertz CT molecular complexity index is 1290. The summed E-state index contributed by atoms with van der Waals surface area (Å²) in [5.41, 5.74) is 1.40. The number of likely N-dealkylation sites (N-methyl/N-ethyl adjacent to an activating group) is 1. The molecule has 2 atom stereocenters. The number of fused-ring (bicyclic) bond motifs is 1. The van der Waals surface area contributed by atoms with Crippen LogP contribution in [0.5, 0.6) is 0 Å². The molecule has 0 spiro atoms. The number of benzene rings is 2. The van der Waals surface area contributed by atoms with Gasteiger partial charge < -0.3 is 15.1 Å². The molecule has 34 heavy (non-hydrogen) atoms. The number of nitrogens with zero attached hydrogens (tertiary/aromatic N) is 4. The van der Waals surface area contributed by atoms with Crippen LogP contribution in [0.2, 0.25) is 0 Å². The van der Waals surface area contributed by atoms with E-state index < -0.39 is 29.6 Å². The van der Waals surface area contributed by atoms with Crippen molar-refractivity contribution in [2.75, 3.05) is 25.5 Å². The quantitative estimate of drug-likeness (QED) is 0.632. The van der Waals surface area contributed by atoms with Crippen molar-refractivity contribution in [2.24, 2.45) is 5.92 Å². The molecule has 1 fully saturated rings. The number of amides is 3. The van der Waals surface area contributed by atoms with Gasteiger partial charge in [-0.05, 0) is 42.8 Å². The van der Waals surface area contributed by atoms with Crippen molar-refractivity contribution in [1.82, 2.24) is 14.8 Å². The van der Waals surface area contributed by atoms with Gasteiger partial charge in [0.2, 0.25) is 11.8 Å². The van der Waals surface area contributed by atoms with Crippen LogP contribution >= 0.6 is 0 Å². The van der Waals surface area contributed by atoms with Crippen LogP contribution in [0.1, 0.15) is 16.8 Å². The number of hydrogen-bond acceptors (Lipinski definition) is 5. The molecule has 0 radical (unpaired) electrons. The lowest BCUT2D eigenvalue weighted by atomic mass is 10.1. The summed E-state index contributed by atoms with van der Waals surface area (Å²) in [4.78, 5) is 45.1. The van der Waals surface area contributed by atoms with Gasteiger partial charge in [-0.15, -0.1) is 0 Å². The molecule has 0 saturated carbocycles. The second-order valence-electron chi connectivity index (χ2n) is 8.20. The van der Waals surface area contributed by atoms with E-state index in [1.165, 1.54) is 47.3 Å². The van der Waals surface area contributed by atoms with Crippen LogP contribution in [0, 0.1) is 23.1 Å². The number of aromatic nitrogens is 1. The van der Waals surface area contributed by atoms with Crippen LogP contribution in [-0.2, 0) is 9.59 Å². The first-order chi connectivity index (χ1) is 16.4. The molecule has 3 amide bonds. The van der Waals surface area contributed by atoms with Crippen molar-refractivity contribution in [1.29, 1.82) is 5.26 Å². The largest absolute Gasteiger partial charge is 0.332 e. The zero-order valence-electron chi connectivity index (χ0n) is 18.4. The van der Waals surface area contributed by atoms with E-state index >= 15 is 0 Å². The third-order valence-corrected chi connectivity index (χ3v) is 5.79. The highest BCUT2D eigenvalue weighted by molar-refractivity contribution is 5.99. The number of para-hydroxylation sites is 1. The van der Waals surface area contributed by atoms with Gasteiger partial charge in [-0.2, -0.15) is 5.26 Å². The standard InChI is InChI=1S/C25H22FN5O3/c1-30(25(34)17-9-16-10-19(26)7-8-22(16)28-13-17)15-23(32)31-14-18(11-21(31)12-27)24(33)29-20-5-3-2-4-6-20/h2-10,13,18,21H,11,14-15H2,1H3,(H,29,33). The van der Waals surface area contributed by atoms with Crippen molar-refractivity contribution < 1.29 is 18.8 Å². The number of nitrogens with one attached hydrogen (secondary N) is 1. The fourth-order valence-corrected chi connectivity index (χ4v) is 4.00. The first kappa shape index (κ1) is 22.9. The van der Waals surface area contributed by atoms with Crippen LogP contribution in [-0.4, -0.2) is 58.7 Å². The summed E-state index contributed by atoms with van der Waals surface area (Å²) in [6.45, 7) is -0.181. The molecule has 3 aromatic rings.